The minimum atomic E-state index is -4.98. The Hall–Kier alpha value is -2.72. The van der Waals surface area contributed by atoms with Crippen LogP contribution in [0.4, 0.5) is 24.5 Å². The number of nitrogens with zero attached hydrogens (tertiary/aromatic N) is 3. The molecule has 0 atom stereocenters. The van der Waals surface area contributed by atoms with E-state index in [4.69, 9.17) is 5.11 Å². The zero-order chi connectivity index (χ0) is 16.9. The number of hydrogen-bond acceptors (Lipinski definition) is 5. The predicted octanol–water partition coefficient (Wildman–Crippen LogP) is 2.97. The maximum atomic E-state index is 12.8. The SMILES string of the molecule is O=NN(CCCC(=O)O)c1ccc([N+](=O)[O-])c(C(F)(F)F)c1. The molecule has 8 nitrogen and oxygen atoms in total. The molecule has 0 saturated carbocycles. The fourth-order valence-electron chi connectivity index (χ4n) is 1.67. The Morgan fingerprint density at radius 2 is 2.05 bits per heavy atom. The number of benzene rings is 1. The first-order chi connectivity index (χ1) is 10.2. The number of nitroso groups, excluding NO2 is 1. The van der Waals surface area contributed by atoms with Crippen LogP contribution in [0.15, 0.2) is 23.5 Å². The molecule has 1 aromatic rings. The van der Waals surface area contributed by atoms with Gasteiger partial charge in [-0.2, -0.15) is 13.2 Å². The summed E-state index contributed by atoms with van der Waals surface area (Å²) in [5, 5.41) is 22.2. The Morgan fingerprint density at radius 3 is 2.50 bits per heavy atom. The van der Waals surface area contributed by atoms with Crippen molar-refractivity contribution in [1.82, 2.24) is 0 Å². The van der Waals surface area contributed by atoms with Crippen LogP contribution in [0.3, 0.4) is 0 Å². The molecule has 22 heavy (non-hydrogen) atoms. The summed E-state index contributed by atoms with van der Waals surface area (Å²) in [6.45, 7) is -0.231. The largest absolute Gasteiger partial charge is 0.481 e. The van der Waals surface area contributed by atoms with Crippen molar-refractivity contribution in [3.8, 4) is 0 Å². The molecular formula is C11H10F3N3O5. The molecule has 0 aliphatic rings. The molecular weight excluding hydrogens is 311 g/mol. The molecule has 0 aliphatic heterocycles. The normalized spacial score (nSPS) is 11.0. The average Bonchev–Trinajstić information content (AvgIpc) is 2.41. The molecule has 0 fully saturated rings. The van der Waals surface area contributed by atoms with Crippen LogP contribution in [0.5, 0.6) is 0 Å². The van der Waals surface area contributed by atoms with Gasteiger partial charge in [0, 0.05) is 19.0 Å². The van der Waals surface area contributed by atoms with Gasteiger partial charge in [-0.15, -0.1) is 4.91 Å². The summed E-state index contributed by atoms with van der Waals surface area (Å²) in [5.74, 6) is -1.13. The Labute approximate surface area is 121 Å². The van der Waals surface area contributed by atoms with E-state index in [2.05, 4.69) is 5.29 Å². The van der Waals surface area contributed by atoms with Gasteiger partial charge >= 0.3 is 12.1 Å². The van der Waals surface area contributed by atoms with Crippen LogP contribution >= 0.6 is 0 Å². The number of aliphatic carboxylic acids is 1. The molecule has 0 amide bonds. The van der Waals surface area contributed by atoms with Crippen LogP contribution in [-0.2, 0) is 11.0 Å². The van der Waals surface area contributed by atoms with Crippen molar-refractivity contribution in [1.29, 1.82) is 0 Å². The van der Waals surface area contributed by atoms with Crippen molar-refractivity contribution < 1.29 is 28.0 Å². The van der Waals surface area contributed by atoms with Crippen LogP contribution in [0.1, 0.15) is 18.4 Å². The lowest BCUT2D eigenvalue weighted by Gasteiger charge is -2.16. The number of alkyl halides is 3. The molecule has 0 unspecified atom stereocenters. The van der Waals surface area contributed by atoms with Gasteiger partial charge < -0.3 is 5.11 Å². The van der Waals surface area contributed by atoms with Gasteiger partial charge in [-0.25, -0.2) is 5.01 Å². The van der Waals surface area contributed by atoms with Gasteiger partial charge in [0.05, 0.1) is 15.9 Å². The minimum absolute atomic E-state index is 0.0284. The average molecular weight is 321 g/mol. The van der Waals surface area contributed by atoms with Gasteiger partial charge in [0.2, 0.25) is 0 Å². The lowest BCUT2D eigenvalue weighted by atomic mass is 10.1. The number of carboxylic acids is 1. The van der Waals surface area contributed by atoms with Gasteiger partial charge in [-0.1, -0.05) is 0 Å². The second-order valence-electron chi connectivity index (χ2n) is 4.16. The van der Waals surface area contributed by atoms with Crippen molar-refractivity contribution in [2.24, 2.45) is 5.29 Å². The standard InChI is InChI=1S/C11H10F3N3O5/c12-11(13,14)8-6-7(3-4-9(8)17(21)22)16(15-20)5-1-2-10(18)19/h3-4,6H,1-2,5H2,(H,18,19). The molecule has 0 saturated heterocycles. The van der Waals surface area contributed by atoms with E-state index in [-0.39, 0.29) is 25.1 Å². The van der Waals surface area contributed by atoms with Gasteiger partial charge in [-0.3, -0.25) is 14.9 Å². The third kappa shape index (κ3) is 4.40. The Bertz CT molecular complexity index is 591. The zero-order valence-corrected chi connectivity index (χ0v) is 10.9. The van der Waals surface area contributed by atoms with Crippen molar-refractivity contribution in [3.05, 3.63) is 38.8 Å². The molecule has 0 aliphatic carbocycles. The van der Waals surface area contributed by atoms with E-state index in [1.165, 1.54) is 0 Å². The molecule has 0 heterocycles. The van der Waals surface area contributed by atoms with Gasteiger partial charge in [-0.05, 0) is 18.6 Å². The van der Waals surface area contributed by atoms with E-state index in [1.54, 1.807) is 0 Å². The van der Waals surface area contributed by atoms with Gasteiger partial charge in [0.15, 0.2) is 0 Å². The van der Waals surface area contributed by atoms with Gasteiger partial charge in [0.25, 0.3) is 5.69 Å². The Kier molecular flexibility index (Phi) is 5.38. The fraction of sp³-hybridized carbons (Fsp3) is 0.364. The maximum absolute atomic E-state index is 12.8. The highest BCUT2D eigenvalue weighted by molar-refractivity contribution is 5.66. The van der Waals surface area contributed by atoms with Crippen molar-refractivity contribution in [3.63, 3.8) is 0 Å². The summed E-state index contributed by atoms with van der Waals surface area (Å²) in [4.78, 5) is 30.5. The van der Waals surface area contributed by atoms with Crippen LogP contribution in [-0.4, -0.2) is 22.5 Å². The highest BCUT2D eigenvalue weighted by Crippen LogP contribution is 2.38. The highest BCUT2D eigenvalue weighted by atomic mass is 19.4. The zero-order valence-electron chi connectivity index (χ0n) is 10.9. The predicted molar refractivity (Wildman–Crippen MR) is 68.1 cm³/mol. The number of nitro benzene ring substituents is 1. The second kappa shape index (κ2) is 6.83. The molecule has 11 heteroatoms. The summed E-state index contributed by atoms with van der Waals surface area (Å²) in [7, 11) is 0. The van der Waals surface area contributed by atoms with E-state index in [0.29, 0.717) is 17.1 Å². The molecule has 1 rings (SSSR count). The molecule has 1 aromatic carbocycles. The van der Waals surface area contributed by atoms with Crippen LogP contribution in [0.2, 0.25) is 0 Å². The lowest BCUT2D eigenvalue weighted by molar-refractivity contribution is -0.388. The maximum Gasteiger partial charge on any atom is 0.423 e. The summed E-state index contributed by atoms with van der Waals surface area (Å²) in [6.07, 6.45) is -5.31. The van der Waals surface area contributed by atoms with E-state index in [1.807, 2.05) is 0 Å². The minimum Gasteiger partial charge on any atom is -0.481 e. The Morgan fingerprint density at radius 1 is 1.41 bits per heavy atom. The summed E-state index contributed by atoms with van der Waals surface area (Å²) < 4.78 is 38.4. The molecule has 0 spiro atoms. The first-order valence-corrected chi connectivity index (χ1v) is 5.85. The van der Waals surface area contributed by atoms with Crippen molar-refractivity contribution in [2.45, 2.75) is 19.0 Å². The van der Waals surface area contributed by atoms with Crippen LogP contribution < -0.4 is 5.01 Å². The number of nitro groups is 1. The first-order valence-electron chi connectivity index (χ1n) is 5.85. The summed E-state index contributed by atoms with van der Waals surface area (Å²) >= 11 is 0. The monoisotopic (exact) mass is 321 g/mol. The van der Waals surface area contributed by atoms with E-state index < -0.39 is 28.3 Å². The molecule has 120 valence electrons. The molecule has 1 N–H and O–H groups in total. The topological polar surface area (TPSA) is 113 Å². The number of carbonyl (C=O) groups is 1. The van der Waals surface area contributed by atoms with Crippen LogP contribution in [0, 0.1) is 15.0 Å². The smallest absolute Gasteiger partial charge is 0.423 e. The van der Waals surface area contributed by atoms with E-state index in [9.17, 15) is 33.0 Å². The first kappa shape index (κ1) is 17.3. The third-order valence-electron chi connectivity index (χ3n) is 2.64. The van der Waals surface area contributed by atoms with Crippen molar-refractivity contribution >= 4 is 17.3 Å². The summed E-state index contributed by atoms with van der Waals surface area (Å²) in [6, 6.07) is 1.99. The van der Waals surface area contributed by atoms with E-state index >= 15 is 0 Å². The number of rotatable bonds is 7. The third-order valence-corrected chi connectivity index (χ3v) is 2.64. The van der Waals surface area contributed by atoms with E-state index in [0.717, 1.165) is 6.07 Å². The Balaban J connectivity index is 3.11. The summed E-state index contributed by atoms with van der Waals surface area (Å²) in [5.41, 5.74) is -2.96. The molecule has 0 aromatic heterocycles. The number of carboxylic acid groups (broad SMARTS) is 1. The lowest BCUT2D eigenvalue weighted by Crippen LogP contribution is -2.19. The number of hydrogen-bond donors (Lipinski definition) is 1. The molecule has 0 radical (unpaired) electrons. The number of halogens is 3. The highest BCUT2D eigenvalue weighted by Gasteiger charge is 2.38. The van der Waals surface area contributed by atoms with Crippen LogP contribution in [0.25, 0.3) is 0 Å². The quantitative estimate of drug-likeness (QED) is 0.469. The van der Waals surface area contributed by atoms with Crippen molar-refractivity contribution in [2.75, 3.05) is 11.6 Å². The fourth-order valence-corrected chi connectivity index (χ4v) is 1.67. The molecule has 0 bridgehead atoms. The second-order valence-corrected chi connectivity index (χ2v) is 4.16. The van der Waals surface area contributed by atoms with Gasteiger partial charge in [0.1, 0.15) is 5.56 Å². The number of anilines is 1.